The number of methoxy groups -OCH3 is 1. The van der Waals surface area contributed by atoms with Crippen molar-refractivity contribution in [2.75, 3.05) is 13.7 Å². The van der Waals surface area contributed by atoms with Crippen molar-refractivity contribution in [1.82, 2.24) is 0 Å². The van der Waals surface area contributed by atoms with Gasteiger partial charge in [-0.2, -0.15) is 0 Å². The molecule has 45 heavy (non-hydrogen) atoms. The van der Waals surface area contributed by atoms with Crippen molar-refractivity contribution in [3.8, 4) is 34.3 Å². The van der Waals surface area contributed by atoms with Crippen molar-refractivity contribution in [2.24, 2.45) is 0 Å². The molecule has 2 aromatic carbocycles. The fourth-order valence-corrected chi connectivity index (χ4v) is 5.03. The van der Waals surface area contributed by atoms with Crippen molar-refractivity contribution in [3.05, 3.63) is 46.6 Å². The van der Waals surface area contributed by atoms with E-state index in [0.29, 0.717) is 5.56 Å². The highest BCUT2D eigenvalue weighted by atomic mass is 16.8. The number of hydrogen-bond acceptors (Lipinski definition) is 16. The van der Waals surface area contributed by atoms with Gasteiger partial charge in [-0.15, -0.1) is 0 Å². The summed E-state index contributed by atoms with van der Waals surface area (Å²) in [6.07, 6.45) is -18.9. The third kappa shape index (κ3) is 6.12. The summed E-state index contributed by atoms with van der Waals surface area (Å²) >= 11 is 0. The first-order valence-electron chi connectivity index (χ1n) is 13.4. The molecule has 0 aliphatic carbocycles. The quantitative estimate of drug-likeness (QED) is 0.129. The molecule has 0 saturated carbocycles. The fraction of sp³-hybridized carbons (Fsp3) is 0.429. The van der Waals surface area contributed by atoms with E-state index in [1.165, 1.54) is 31.4 Å². The Labute approximate surface area is 252 Å². The molecule has 0 spiro atoms. The molecule has 0 amide bonds. The standard InChI is InChI=1S/C28H30O17/c1-40-15-4-9(2-3-11(15)30)14-7-13(32)18-12(31)5-10(6-16(18)42-14)41-28-25(21(35)19(33)17(8-29)43-28)45-27-23(37)20(34)22(36)24(44-27)26(38)39/h2-7,17,19-25,27-31,33-37H,8H2,1H3,(H,38,39)/t17-,19-,20+,21+,22+,23-,24+,25-,27+,28-/m1/s1. The van der Waals surface area contributed by atoms with Gasteiger partial charge in [0.1, 0.15) is 64.9 Å². The Balaban J connectivity index is 1.49. The second-order valence-electron chi connectivity index (χ2n) is 10.3. The number of hydrogen-bond donors (Lipinski definition) is 9. The average molecular weight is 639 g/mol. The van der Waals surface area contributed by atoms with Crippen LogP contribution in [0.1, 0.15) is 0 Å². The second kappa shape index (κ2) is 12.8. The highest BCUT2D eigenvalue weighted by Gasteiger charge is 2.52. The first-order chi connectivity index (χ1) is 21.3. The number of carbonyl (C=O) groups is 1. The van der Waals surface area contributed by atoms with E-state index in [1.807, 2.05) is 0 Å². The minimum atomic E-state index is -2.05. The monoisotopic (exact) mass is 638 g/mol. The average Bonchev–Trinajstić information content (AvgIpc) is 3.00. The maximum absolute atomic E-state index is 12.9. The Bertz CT molecular complexity index is 1610. The number of aliphatic hydroxyl groups excluding tert-OH is 6. The topological polar surface area (TPSA) is 276 Å². The number of rotatable bonds is 8. The number of aromatic hydroxyl groups is 2. The van der Waals surface area contributed by atoms with E-state index in [-0.39, 0.29) is 34.0 Å². The molecule has 0 radical (unpaired) electrons. The molecule has 0 unspecified atom stereocenters. The van der Waals surface area contributed by atoms with Crippen LogP contribution in [0.3, 0.4) is 0 Å². The van der Waals surface area contributed by atoms with Gasteiger partial charge in [0.2, 0.25) is 6.29 Å². The lowest BCUT2D eigenvalue weighted by atomic mass is 9.97. The summed E-state index contributed by atoms with van der Waals surface area (Å²) in [6, 6.07) is 7.47. The number of phenols is 2. The molecule has 2 fully saturated rings. The molecule has 0 bridgehead atoms. The Hall–Kier alpha value is -4.04. The number of carboxylic acids is 1. The molecule has 244 valence electrons. The zero-order valence-corrected chi connectivity index (χ0v) is 23.2. The molecule has 2 saturated heterocycles. The van der Waals surface area contributed by atoms with Crippen molar-refractivity contribution < 1.29 is 78.9 Å². The van der Waals surface area contributed by atoms with Gasteiger partial charge in [-0.05, 0) is 18.2 Å². The molecule has 1 aromatic heterocycles. The number of benzene rings is 2. The van der Waals surface area contributed by atoms with Crippen LogP contribution in [0, 0.1) is 0 Å². The largest absolute Gasteiger partial charge is 0.507 e. The van der Waals surface area contributed by atoms with Gasteiger partial charge in [0.05, 0.1) is 13.7 Å². The third-order valence-electron chi connectivity index (χ3n) is 7.43. The number of aliphatic hydroxyl groups is 6. The maximum atomic E-state index is 12.9. The Morgan fingerprint density at radius 1 is 0.867 bits per heavy atom. The van der Waals surface area contributed by atoms with Gasteiger partial charge < -0.3 is 74.1 Å². The first kappa shape index (κ1) is 32.4. The summed E-state index contributed by atoms with van der Waals surface area (Å²) in [4.78, 5) is 24.4. The molecule has 17 nitrogen and oxygen atoms in total. The van der Waals surface area contributed by atoms with E-state index in [4.69, 9.17) is 28.1 Å². The molecular formula is C28H30O17. The van der Waals surface area contributed by atoms with E-state index in [9.17, 15) is 55.5 Å². The van der Waals surface area contributed by atoms with E-state index >= 15 is 0 Å². The van der Waals surface area contributed by atoms with Crippen LogP contribution in [0.15, 0.2) is 45.6 Å². The molecule has 10 atom stereocenters. The first-order valence-corrected chi connectivity index (χ1v) is 13.4. The van der Waals surface area contributed by atoms with Crippen LogP contribution in [-0.4, -0.2) is 127 Å². The lowest BCUT2D eigenvalue weighted by molar-refractivity contribution is -0.353. The summed E-state index contributed by atoms with van der Waals surface area (Å²) in [5, 5.41) is 91.2. The van der Waals surface area contributed by atoms with Gasteiger partial charge in [0.25, 0.3) is 0 Å². The van der Waals surface area contributed by atoms with Gasteiger partial charge in [0.15, 0.2) is 35.4 Å². The number of fused-ring (bicyclic) bond motifs is 1. The van der Waals surface area contributed by atoms with Crippen LogP contribution in [0.4, 0.5) is 0 Å². The fourth-order valence-electron chi connectivity index (χ4n) is 5.03. The van der Waals surface area contributed by atoms with Gasteiger partial charge >= 0.3 is 5.97 Å². The van der Waals surface area contributed by atoms with Gasteiger partial charge in [0, 0.05) is 23.8 Å². The predicted molar refractivity (Wildman–Crippen MR) is 145 cm³/mol. The smallest absolute Gasteiger partial charge is 0.335 e. The normalized spacial score (nSPS) is 31.9. The van der Waals surface area contributed by atoms with Crippen molar-refractivity contribution >= 4 is 16.9 Å². The highest BCUT2D eigenvalue weighted by molar-refractivity contribution is 5.86. The summed E-state index contributed by atoms with van der Waals surface area (Å²) in [6.45, 7) is -0.809. The van der Waals surface area contributed by atoms with Crippen molar-refractivity contribution in [3.63, 3.8) is 0 Å². The van der Waals surface area contributed by atoms with E-state index in [1.54, 1.807) is 0 Å². The van der Waals surface area contributed by atoms with Crippen molar-refractivity contribution in [2.45, 2.75) is 61.4 Å². The van der Waals surface area contributed by atoms with Gasteiger partial charge in [-0.1, -0.05) is 0 Å². The van der Waals surface area contributed by atoms with Crippen LogP contribution in [0.2, 0.25) is 0 Å². The number of phenolic OH excluding ortho intramolecular Hbond substituents is 2. The van der Waals surface area contributed by atoms with Crippen molar-refractivity contribution in [1.29, 1.82) is 0 Å². The minimum absolute atomic E-state index is 0.0218. The van der Waals surface area contributed by atoms with Crippen LogP contribution >= 0.6 is 0 Å². The zero-order valence-electron chi connectivity index (χ0n) is 23.2. The Kier molecular flexibility index (Phi) is 9.17. The molecule has 2 aliphatic rings. The lowest BCUT2D eigenvalue weighted by Crippen LogP contribution is -2.65. The van der Waals surface area contributed by atoms with Crippen LogP contribution in [0.25, 0.3) is 22.3 Å². The van der Waals surface area contributed by atoms with Crippen LogP contribution in [-0.2, 0) is 19.0 Å². The molecule has 9 N–H and O–H groups in total. The Morgan fingerprint density at radius 3 is 2.27 bits per heavy atom. The van der Waals surface area contributed by atoms with E-state index in [2.05, 4.69) is 0 Å². The summed E-state index contributed by atoms with van der Waals surface area (Å²) in [7, 11) is 1.33. The second-order valence-corrected chi connectivity index (χ2v) is 10.3. The number of ether oxygens (including phenoxy) is 5. The number of aliphatic carboxylic acids is 1. The SMILES string of the molecule is COc1cc(-c2cc(=O)c3c(O)cc(O[C@@H]4O[C@H](CO)[C@@H](O)[C@H](O)[C@H]4O[C@@H]4O[C@H](C(=O)O)[C@@H](O)[C@H](O)[C@H]4O)cc3o2)ccc1O. The molecular weight excluding hydrogens is 608 g/mol. The van der Waals surface area contributed by atoms with Crippen LogP contribution in [0.5, 0.6) is 23.0 Å². The predicted octanol–water partition coefficient (Wildman–Crippen LogP) is -2.02. The molecule has 17 heteroatoms. The summed E-state index contributed by atoms with van der Waals surface area (Å²) < 4.78 is 32.9. The Morgan fingerprint density at radius 2 is 1.60 bits per heavy atom. The molecule has 3 heterocycles. The zero-order chi connectivity index (χ0) is 32.7. The third-order valence-corrected chi connectivity index (χ3v) is 7.43. The van der Waals surface area contributed by atoms with Gasteiger partial charge in [-0.3, -0.25) is 4.79 Å². The lowest BCUT2D eigenvalue weighted by Gasteiger charge is -2.45. The maximum Gasteiger partial charge on any atom is 0.335 e. The van der Waals surface area contributed by atoms with E-state index in [0.717, 1.165) is 12.1 Å². The molecule has 5 rings (SSSR count). The van der Waals surface area contributed by atoms with E-state index < -0.39 is 85.2 Å². The summed E-state index contributed by atoms with van der Waals surface area (Å²) in [5.41, 5.74) is -0.493. The number of carboxylic acid groups (broad SMARTS) is 1. The minimum Gasteiger partial charge on any atom is -0.507 e. The molecule has 3 aromatic rings. The summed E-state index contributed by atoms with van der Waals surface area (Å²) in [5.74, 6) is -2.58. The van der Waals surface area contributed by atoms with Crippen LogP contribution < -0.4 is 14.9 Å². The highest BCUT2D eigenvalue weighted by Crippen LogP contribution is 2.36. The molecule has 2 aliphatic heterocycles. The van der Waals surface area contributed by atoms with Gasteiger partial charge in [-0.25, -0.2) is 4.79 Å².